The molecular formula is C84H154NO8+. The molecular weight excluding hydrogens is 1150 g/mol. The molecule has 0 aliphatic heterocycles. The van der Waals surface area contributed by atoms with Gasteiger partial charge in [-0.05, 0) is 83.5 Å². The number of quaternary nitrogens is 1. The van der Waals surface area contributed by atoms with E-state index in [9.17, 15) is 19.5 Å². The van der Waals surface area contributed by atoms with E-state index in [4.69, 9.17) is 18.9 Å². The number of allylic oxidation sites excluding steroid dienone is 12. The Bertz CT molecular complexity index is 1760. The summed E-state index contributed by atoms with van der Waals surface area (Å²) in [6, 6.07) is 0. The number of nitrogens with zero attached hydrogens (tertiary/aromatic N) is 1. The van der Waals surface area contributed by atoms with Gasteiger partial charge in [-0.1, -0.05) is 363 Å². The zero-order valence-corrected chi connectivity index (χ0v) is 62.2. The van der Waals surface area contributed by atoms with Gasteiger partial charge in [0.15, 0.2) is 6.10 Å². The van der Waals surface area contributed by atoms with Crippen molar-refractivity contribution in [1.29, 1.82) is 0 Å². The van der Waals surface area contributed by atoms with Crippen molar-refractivity contribution in [3.8, 4) is 0 Å². The van der Waals surface area contributed by atoms with Crippen molar-refractivity contribution >= 4 is 17.9 Å². The average molecular weight is 1310 g/mol. The van der Waals surface area contributed by atoms with Crippen molar-refractivity contribution in [2.24, 2.45) is 0 Å². The average Bonchev–Trinajstić information content (AvgIpc) is 3.74. The molecule has 0 radical (unpaired) electrons. The molecule has 0 heterocycles. The molecule has 0 aromatic rings. The van der Waals surface area contributed by atoms with Crippen LogP contribution >= 0.6 is 0 Å². The number of carboxylic acid groups (broad SMARTS) is 1. The van der Waals surface area contributed by atoms with Crippen LogP contribution in [0.4, 0.5) is 0 Å². The summed E-state index contributed by atoms with van der Waals surface area (Å²) in [5.41, 5.74) is 0. The van der Waals surface area contributed by atoms with E-state index in [1.807, 2.05) is 21.1 Å². The topological polar surface area (TPSA) is 108 Å². The minimum absolute atomic E-state index is 0.178. The number of hydrogen-bond donors (Lipinski definition) is 1. The number of esters is 2. The van der Waals surface area contributed by atoms with Gasteiger partial charge in [0, 0.05) is 12.8 Å². The lowest BCUT2D eigenvalue weighted by Crippen LogP contribution is -2.40. The van der Waals surface area contributed by atoms with Crippen LogP contribution in [0.2, 0.25) is 0 Å². The van der Waals surface area contributed by atoms with Crippen LogP contribution in [0.5, 0.6) is 0 Å². The molecule has 93 heavy (non-hydrogen) atoms. The summed E-state index contributed by atoms with van der Waals surface area (Å²) in [5, 5.41) is 9.77. The Balaban J connectivity index is 3.99. The number of rotatable bonds is 75. The highest BCUT2D eigenvalue weighted by Crippen LogP contribution is 2.19. The Kier molecular flexibility index (Phi) is 71.9. The van der Waals surface area contributed by atoms with Gasteiger partial charge in [-0.2, -0.15) is 0 Å². The number of carbonyl (C=O) groups excluding carboxylic acids is 2. The minimum Gasteiger partial charge on any atom is -0.477 e. The maximum atomic E-state index is 13.0. The highest BCUT2D eigenvalue weighted by Gasteiger charge is 2.25. The van der Waals surface area contributed by atoms with E-state index in [0.29, 0.717) is 17.4 Å². The second kappa shape index (κ2) is 74.5. The third-order valence-corrected chi connectivity index (χ3v) is 17.9. The molecule has 2 unspecified atom stereocenters. The summed E-state index contributed by atoms with van der Waals surface area (Å²) in [4.78, 5) is 37.7. The van der Waals surface area contributed by atoms with E-state index in [0.717, 1.165) is 70.6 Å². The van der Waals surface area contributed by atoms with E-state index in [1.165, 1.54) is 289 Å². The minimum atomic E-state index is -1.51. The van der Waals surface area contributed by atoms with Gasteiger partial charge in [0.2, 0.25) is 0 Å². The molecule has 0 aromatic carbocycles. The van der Waals surface area contributed by atoms with Crippen LogP contribution in [0.15, 0.2) is 72.9 Å². The van der Waals surface area contributed by atoms with E-state index in [2.05, 4.69) is 86.8 Å². The molecule has 9 nitrogen and oxygen atoms in total. The van der Waals surface area contributed by atoms with Crippen molar-refractivity contribution in [1.82, 2.24) is 0 Å². The van der Waals surface area contributed by atoms with E-state index < -0.39 is 18.4 Å². The number of carbonyl (C=O) groups is 3. The second-order valence-corrected chi connectivity index (χ2v) is 28.3. The van der Waals surface area contributed by atoms with E-state index in [-0.39, 0.29) is 38.2 Å². The van der Waals surface area contributed by atoms with Crippen molar-refractivity contribution in [3.05, 3.63) is 72.9 Å². The van der Waals surface area contributed by atoms with E-state index >= 15 is 0 Å². The van der Waals surface area contributed by atoms with Crippen LogP contribution in [-0.4, -0.2) is 87.4 Å². The van der Waals surface area contributed by atoms with Crippen molar-refractivity contribution in [2.75, 3.05) is 47.5 Å². The quantitative estimate of drug-likeness (QED) is 0.0211. The molecule has 1 N–H and O–H groups in total. The third-order valence-electron chi connectivity index (χ3n) is 17.9. The number of unbranched alkanes of at least 4 members (excludes halogenated alkanes) is 48. The largest absolute Gasteiger partial charge is 0.477 e. The van der Waals surface area contributed by atoms with Crippen LogP contribution in [0.3, 0.4) is 0 Å². The first-order valence-corrected chi connectivity index (χ1v) is 40.1. The van der Waals surface area contributed by atoms with Crippen LogP contribution in [0.1, 0.15) is 386 Å². The number of ether oxygens (including phenoxy) is 4. The first kappa shape index (κ1) is 89.7. The van der Waals surface area contributed by atoms with Gasteiger partial charge in [0.05, 0.1) is 34.4 Å². The van der Waals surface area contributed by atoms with Gasteiger partial charge in [-0.25, -0.2) is 4.79 Å². The molecule has 9 heteroatoms. The second-order valence-electron chi connectivity index (χ2n) is 28.3. The summed E-state index contributed by atoms with van der Waals surface area (Å²) in [6.45, 7) is 4.83. The summed E-state index contributed by atoms with van der Waals surface area (Å²) in [6.07, 6.45) is 97.7. The summed E-state index contributed by atoms with van der Waals surface area (Å²) >= 11 is 0. The molecule has 0 bridgehead atoms. The van der Waals surface area contributed by atoms with Gasteiger partial charge in [0.25, 0.3) is 6.29 Å². The molecule has 2 atom stereocenters. The summed E-state index contributed by atoms with van der Waals surface area (Å²) < 4.78 is 23.1. The predicted octanol–water partition coefficient (Wildman–Crippen LogP) is 25.6. The highest BCUT2D eigenvalue weighted by atomic mass is 16.7. The van der Waals surface area contributed by atoms with Crippen molar-refractivity contribution in [3.63, 3.8) is 0 Å². The lowest BCUT2D eigenvalue weighted by Gasteiger charge is -2.25. The van der Waals surface area contributed by atoms with Gasteiger partial charge < -0.3 is 28.5 Å². The Labute approximate surface area is 577 Å². The molecule has 0 fully saturated rings. The molecule has 0 spiro atoms. The van der Waals surface area contributed by atoms with E-state index in [1.54, 1.807) is 0 Å². The SMILES string of the molecule is CC/C=C\C/C=C\C/C=C\C/C=C\C/C=C\CCCCCCCCCCCCCCCCCCCC(=O)OC(COC(=O)CCCCCCCCCCCCCCCCCCCCCCCCC/C=C\CCCCCCCCCC)COC(OCC[N+](C)(C)C)C(=O)O. The predicted molar refractivity (Wildman–Crippen MR) is 401 cm³/mol. The number of aliphatic carboxylic acids is 1. The van der Waals surface area contributed by atoms with Crippen LogP contribution in [0, 0.1) is 0 Å². The molecule has 0 aliphatic rings. The normalized spacial score (nSPS) is 13.0. The first-order chi connectivity index (χ1) is 45.6. The standard InChI is InChI=1S/C84H153NO8/c1-6-8-10-12-14-16-18-20-22-24-26-28-30-32-34-36-38-40-41-43-44-46-48-50-52-54-56-58-60-62-64-66-68-70-72-74-81(86)91-78-80(79-92-84(83(88)89)90-77-76-85(3,4)5)93-82(87)75-73-71-69-67-65-63-61-59-57-55-53-51-49-47-45-42-39-37-35-33-31-29-27-25-23-21-19-17-15-13-11-9-7-2/h9,11,15,17,21,23-24,26-27,29,33,35,80,84H,6-8,10,12-14,16,18-20,22,25,28,30-32,34,36-79H2,1-5H3/p+1/b11-9-,17-15-,23-21-,26-24-,29-27-,35-33-. The van der Waals surface area contributed by atoms with Crippen LogP contribution < -0.4 is 0 Å². The molecule has 0 saturated carbocycles. The fourth-order valence-corrected chi connectivity index (χ4v) is 11.9. The molecule has 0 amide bonds. The lowest BCUT2D eigenvalue weighted by molar-refractivity contribution is -0.870. The maximum Gasteiger partial charge on any atom is 0.361 e. The molecule has 0 rings (SSSR count). The smallest absolute Gasteiger partial charge is 0.361 e. The molecule has 0 aliphatic carbocycles. The van der Waals surface area contributed by atoms with Gasteiger partial charge in [0.1, 0.15) is 13.2 Å². The number of likely N-dealkylation sites (N-methyl/N-ethyl adjacent to an activating group) is 1. The number of hydrogen-bond acceptors (Lipinski definition) is 7. The highest BCUT2D eigenvalue weighted by molar-refractivity contribution is 5.71. The Morgan fingerprint density at radius 1 is 0.333 bits per heavy atom. The molecule has 0 saturated heterocycles. The van der Waals surface area contributed by atoms with Gasteiger partial charge in [-0.15, -0.1) is 0 Å². The lowest BCUT2D eigenvalue weighted by atomic mass is 10.0. The number of carboxylic acids is 1. The monoisotopic (exact) mass is 1310 g/mol. The first-order valence-electron chi connectivity index (χ1n) is 40.1. The molecule has 542 valence electrons. The Hall–Kier alpha value is -3.27. The zero-order valence-electron chi connectivity index (χ0n) is 62.2. The fraction of sp³-hybridized carbons (Fsp3) is 0.821. The summed E-state index contributed by atoms with van der Waals surface area (Å²) in [7, 11) is 5.99. The maximum absolute atomic E-state index is 13.0. The third kappa shape index (κ3) is 76.0. The summed E-state index contributed by atoms with van der Waals surface area (Å²) in [5.74, 6) is -1.98. The zero-order chi connectivity index (χ0) is 67.5. The van der Waals surface area contributed by atoms with Gasteiger partial charge >= 0.3 is 17.9 Å². The van der Waals surface area contributed by atoms with Crippen molar-refractivity contribution < 1.29 is 42.9 Å². The van der Waals surface area contributed by atoms with Crippen molar-refractivity contribution in [2.45, 2.75) is 399 Å². The Morgan fingerprint density at radius 3 is 0.925 bits per heavy atom. The Morgan fingerprint density at radius 2 is 0.613 bits per heavy atom. The van der Waals surface area contributed by atoms with Crippen LogP contribution in [0.25, 0.3) is 0 Å². The van der Waals surface area contributed by atoms with Crippen LogP contribution in [-0.2, 0) is 33.3 Å². The molecule has 0 aromatic heterocycles. The van der Waals surface area contributed by atoms with Gasteiger partial charge in [-0.3, -0.25) is 9.59 Å². The fourth-order valence-electron chi connectivity index (χ4n) is 11.9.